The fraction of sp³-hybridized carbons (Fsp3) is 0.391. The Morgan fingerprint density at radius 2 is 1.93 bits per heavy atom. The summed E-state index contributed by atoms with van der Waals surface area (Å²) in [5.74, 6) is 0.744. The quantitative estimate of drug-likeness (QED) is 0.505. The summed E-state index contributed by atoms with van der Waals surface area (Å²) in [5.41, 5.74) is 2.52. The smallest absolute Gasteiger partial charge is 0.186 e. The van der Waals surface area contributed by atoms with Crippen LogP contribution >= 0.6 is 22.9 Å². The first kappa shape index (κ1) is 21.1. The van der Waals surface area contributed by atoms with Gasteiger partial charge in [-0.25, -0.2) is 4.98 Å². The number of ether oxygens (including phenoxy) is 1. The molecule has 0 unspecified atom stereocenters. The van der Waals surface area contributed by atoms with Crippen molar-refractivity contribution in [2.75, 3.05) is 31.1 Å². The van der Waals surface area contributed by atoms with Crippen molar-refractivity contribution < 1.29 is 9.53 Å². The van der Waals surface area contributed by atoms with E-state index in [4.69, 9.17) is 21.3 Å². The zero-order valence-corrected chi connectivity index (χ0v) is 19.1. The molecule has 0 N–H and O–H groups in total. The topological polar surface area (TPSA) is 45.7 Å². The van der Waals surface area contributed by atoms with Gasteiger partial charge < -0.3 is 9.64 Å². The highest BCUT2D eigenvalue weighted by Gasteiger charge is 2.21. The minimum atomic E-state index is -0.821. The zero-order chi connectivity index (χ0) is 21.3. The summed E-state index contributed by atoms with van der Waals surface area (Å²) in [7, 11) is 0. The van der Waals surface area contributed by atoms with Gasteiger partial charge in [0.15, 0.2) is 17.0 Å². The highest BCUT2D eigenvalue weighted by atomic mass is 35.5. The van der Waals surface area contributed by atoms with Crippen LogP contribution in [0.5, 0.6) is 5.75 Å². The maximum atomic E-state index is 11.2. The van der Waals surface area contributed by atoms with Crippen LogP contribution in [0.25, 0.3) is 10.2 Å². The van der Waals surface area contributed by atoms with Crippen LogP contribution < -0.4 is 9.64 Å². The Morgan fingerprint density at radius 1 is 1.17 bits per heavy atom. The van der Waals surface area contributed by atoms with E-state index in [9.17, 15) is 4.79 Å². The molecule has 2 heterocycles. The number of anilines is 1. The normalized spacial score (nSPS) is 15.5. The summed E-state index contributed by atoms with van der Waals surface area (Å²) in [6, 6.07) is 12.1. The Kier molecular flexibility index (Phi) is 6.00. The molecule has 0 atom stereocenters. The molecule has 2 aromatic carbocycles. The number of fused-ring (bicyclic) bond motifs is 1. The summed E-state index contributed by atoms with van der Waals surface area (Å²) >= 11 is 7.81. The first-order chi connectivity index (χ1) is 14.3. The molecule has 0 radical (unpaired) electrons. The molecule has 30 heavy (non-hydrogen) atoms. The third kappa shape index (κ3) is 4.94. The van der Waals surface area contributed by atoms with E-state index >= 15 is 0 Å². The predicted molar refractivity (Wildman–Crippen MR) is 124 cm³/mol. The highest BCUT2D eigenvalue weighted by molar-refractivity contribution is 7.22. The molecule has 7 heteroatoms. The van der Waals surface area contributed by atoms with Crippen molar-refractivity contribution in [1.82, 2.24) is 9.88 Å². The molecule has 1 aromatic heterocycles. The average Bonchev–Trinajstić information content (AvgIpc) is 3.11. The van der Waals surface area contributed by atoms with Crippen LogP contribution in [0.3, 0.4) is 0 Å². The number of carbonyl (C=O) groups is 1. The molecule has 0 spiro atoms. The van der Waals surface area contributed by atoms with Gasteiger partial charge >= 0.3 is 0 Å². The lowest BCUT2D eigenvalue weighted by Gasteiger charge is -2.34. The van der Waals surface area contributed by atoms with Crippen LogP contribution in [0.2, 0.25) is 5.02 Å². The number of rotatable bonds is 6. The molecule has 0 bridgehead atoms. The Labute approximate surface area is 186 Å². The standard InChI is InChI=1S/C23H26ClN3O2S/c1-16-10-17(12-19(11-16)29-23(2,3)15-28)14-26-6-8-27(9-7-26)22-25-20-5-4-18(24)13-21(20)30-22/h4-5,10-13,15H,6-9,14H2,1-3H3. The van der Waals surface area contributed by atoms with Gasteiger partial charge in [0.2, 0.25) is 0 Å². The van der Waals surface area contributed by atoms with Gasteiger partial charge in [0.05, 0.1) is 10.2 Å². The van der Waals surface area contributed by atoms with Crippen molar-refractivity contribution >= 4 is 44.6 Å². The Morgan fingerprint density at radius 3 is 2.67 bits per heavy atom. The molecule has 3 aromatic rings. The predicted octanol–water partition coefficient (Wildman–Crippen LogP) is 4.94. The summed E-state index contributed by atoms with van der Waals surface area (Å²) in [5, 5.41) is 1.81. The number of piperazine rings is 1. The number of halogens is 1. The third-order valence-corrected chi connectivity index (χ3v) is 6.48. The molecule has 4 rings (SSSR count). The molecule has 5 nitrogen and oxygen atoms in total. The molecule has 0 aliphatic carbocycles. The number of aromatic nitrogens is 1. The number of benzene rings is 2. The first-order valence-electron chi connectivity index (χ1n) is 10.1. The summed E-state index contributed by atoms with van der Waals surface area (Å²) in [4.78, 5) is 20.8. The number of aldehydes is 1. The van der Waals surface area contributed by atoms with E-state index in [0.717, 1.165) is 70.7 Å². The molecule has 1 fully saturated rings. The summed E-state index contributed by atoms with van der Waals surface area (Å²) < 4.78 is 6.99. The number of nitrogens with zero attached hydrogens (tertiary/aromatic N) is 3. The van der Waals surface area contributed by atoms with Crippen molar-refractivity contribution in [3.05, 3.63) is 52.5 Å². The second-order valence-corrected chi connectivity index (χ2v) is 9.79. The van der Waals surface area contributed by atoms with Crippen LogP contribution in [-0.2, 0) is 11.3 Å². The van der Waals surface area contributed by atoms with Crippen molar-refractivity contribution in [2.24, 2.45) is 0 Å². The van der Waals surface area contributed by atoms with E-state index < -0.39 is 5.60 Å². The van der Waals surface area contributed by atoms with Crippen LogP contribution in [0.4, 0.5) is 5.13 Å². The molecule has 1 aliphatic rings. The summed E-state index contributed by atoms with van der Waals surface area (Å²) in [6.45, 7) is 10.3. The fourth-order valence-electron chi connectivity index (χ4n) is 3.68. The summed E-state index contributed by atoms with van der Waals surface area (Å²) in [6.07, 6.45) is 0.838. The van der Waals surface area contributed by atoms with E-state index in [-0.39, 0.29) is 0 Å². The number of hydrogen-bond donors (Lipinski definition) is 0. The number of aryl methyl sites for hydroxylation is 1. The van der Waals surface area contributed by atoms with Crippen LogP contribution in [0.15, 0.2) is 36.4 Å². The lowest BCUT2D eigenvalue weighted by atomic mass is 10.1. The minimum Gasteiger partial charge on any atom is -0.480 e. The molecule has 0 amide bonds. The van der Waals surface area contributed by atoms with Crippen molar-refractivity contribution in [3.8, 4) is 5.75 Å². The number of hydrogen-bond acceptors (Lipinski definition) is 6. The van der Waals surface area contributed by atoms with Crippen molar-refractivity contribution in [1.29, 1.82) is 0 Å². The number of thiazole rings is 1. The van der Waals surface area contributed by atoms with Crippen LogP contribution in [0.1, 0.15) is 25.0 Å². The Balaban J connectivity index is 1.39. The van der Waals surface area contributed by atoms with Crippen molar-refractivity contribution in [3.63, 3.8) is 0 Å². The van der Waals surface area contributed by atoms with Gasteiger partial charge in [-0.05, 0) is 62.2 Å². The molecule has 1 saturated heterocycles. The van der Waals surface area contributed by atoms with E-state index in [1.165, 1.54) is 5.56 Å². The molecular formula is C23H26ClN3O2S. The van der Waals surface area contributed by atoms with Gasteiger partial charge in [-0.1, -0.05) is 29.0 Å². The SMILES string of the molecule is Cc1cc(CN2CCN(c3nc4ccc(Cl)cc4s3)CC2)cc(OC(C)(C)C=O)c1. The Bertz CT molecular complexity index is 1060. The van der Waals surface area contributed by atoms with Gasteiger partial charge in [0, 0.05) is 37.7 Å². The van der Waals surface area contributed by atoms with E-state index in [0.29, 0.717) is 0 Å². The molecule has 158 valence electrons. The van der Waals surface area contributed by atoms with Gasteiger partial charge in [-0.2, -0.15) is 0 Å². The lowest BCUT2D eigenvalue weighted by Crippen LogP contribution is -2.45. The second kappa shape index (κ2) is 8.53. The Hall–Kier alpha value is -2.15. The molecular weight excluding hydrogens is 418 g/mol. The lowest BCUT2D eigenvalue weighted by molar-refractivity contribution is -0.119. The minimum absolute atomic E-state index is 0.744. The first-order valence-corrected chi connectivity index (χ1v) is 11.3. The van der Waals surface area contributed by atoms with Gasteiger partial charge in [-0.15, -0.1) is 0 Å². The van der Waals surface area contributed by atoms with Crippen LogP contribution in [-0.4, -0.2) is 48.0 Å². The fourth-order valence-corrected chi connectivity index (χ4v) is 4.97. The molecule has 1 aliphatic heterocycles. The second-order valence-electron chi connectivity index (χ2n) is 8.35. The van der Waals surface area contributed by atoms with Crippen LogP contribution in [0, 0.1) is 6.92 Å². The van der Waals surface area contributed by atoms with Gasteiger partial charge in [0.1, 0.15) is 5.75 Å². The van der Waals surface area contributed by atoms with E-state index in [1.54, 1.807) is 25.2 Å². The maximum absolute atomic E-state index is 11.2. The van der Waals surface area contributed by atoms with Crippen molar-refractivity contribution in [2.45, 2.75) is 32.9 Å². The number of carbonyl (C=O) groups excluding carboxylic acids is 1. The maximum Gasteiger partial charge on any atom is 0.186 e. The largest absolute Gasteiger partial charge is 0.480 e. The van der Waals surface area contributed by atoms with E-state index in [2.05, 4.69) is 22.8 Å². The van der Waals surface area contributed by atoms with E-state index in [1.807, 2.05) is 30.3 Å². The zero-order valence-electron chi connectivity index (χ0n) is 17.5. The average molecular weight is 444 g/mol. The molecule has 0 saturated carbocycles. The highest BCUT2D eigenvalue weighted by Crippen LogP contribution is 2.31. The van der Waals surface area contributed by atoms with Gasteiger partial charge in [-0.3, -0.25) is 9.69 Å². The van der Waals surface area contributed by atoms with Gasteiger partial charge in [0.25, 0.3) is 0 Å². The third-order valence-electron chi connectivity index (χ3n) is 5.16. The monoisotopic (exact) mass is 443 g/mol.